The second kappa shape index (κ2) is 6.16. The van der Waals surface area contributed by atoms with Gasteiger partial charge in [0.05, 0.1) is 0 Å². The second-order valence-corrected chi connectivity index (χ2v) is 6.76. The minimum absolute atomic E-state index is 0.209. The molecule has 1 N–H and O–H groups in total. The Morgan fingerprint density at radius 1 is 1.37 bits per heavy atom. The van der Waals surface area contributed by atoms with E-state index in [1.807, 2.05) is 0 Å². The maximum atomic E-state index is 12.0. The number of amides is 1. The Bertz CT molecular complexity index is 598. The molecule has 0 aliphatic heterocycles. The van der Waals surface area contributed by atoms with Crippen molar-refractivity contribution in [2.24, 2.45) is 0 Å². The summed E-state index contributed by atoms with van der Waals surface area (Å²) < 4.78 is 23.8. The molecule has 1 atom stereocenters. The molecule has 0 saturated carbocycles. The first kappa shape index (κ1) is 15.7. The molecular weight excluding hydrogens is 290 g/mol. The maximum Gasteiger partial charge on any atom is 0.234 e. The summed E-state index contributed by atoms with van der Waals surface area (Å²) in [6.07, 6.45) is 0. The smallest absolute Gasteiger partial charge is 0.234 e. The molecule has 0 spiro atoms. The summed E-state index contributed by atoms with van der Waals surface area (Å²) in [5, 5.41) is 1.27. The highest BCUT2D eigenvalue weighted by atomic mass is 35.5. The zero-order valence-electron chi connectivity index (χ0n) is 10.5. The first-order valence-electron chi connectivity index (χ1n) is 5.50. The molecule has 1 aromatic carbocycles. The number of carbonyl (C=O) groups excluding carboxylic acids is 2. The van der Waals surface area contributed by atoms with Crippen LogP contribution >= 0.6 is 11.6 Å². The molecule has 0 saturated heterocycles. The van der Waals surface area contributed by atoms with Crippen LogP contribution in [0.15, 0.2) is 24.3 Å². The van der Waals surface area contributed by atoms with Gasteiger partial charge in [-0.25, -0.2) is 8.42 Å². The average molecular weight is 304 g/mol. The lowest BCUT2D eigenvalue weighted by molar-refractivity contribution is -0.118. The van der Waals surface area contributed by atoms with Gasteiger partial charge < -0.3 is 5.32 Å². The molecule has 1 unspecified atom stereocenters. The van der Waals surface area contributed by atoms with Gasteiger partial charge in [-0.2, -0.15) is 0 Å². The third-order valence-corrected chi connectivity index (χ3v) is 4.82. The monoisotopic (exact) mass is 303 g/mol. The van der Waals surface area contributed by atoms with Gasteiger partial charge in [0.1, 0.15) is 11.0 Å². The fraction of sp³-hybridized carbons (Fsp3) is 0.333. The molecule has 5 nitrogen and oxygen atoms in total. The van der Waals surface area contributed by atoms with Crippen LogP contribution in [0, 0.1) is 0 Å². The van der Waals surface area contributed by atoms with E-state index in [1.165, 1.54) is 26.1 Å². The van der Waals surface area contributed by atoms with Crippen LogP contribution in [0.1, 0.15) is 17.3 Å². The number of halogens is 1. The van der Waals surface area contributed by atoms with E-state index >= 15 is 0 Å². The second-order valence-electron chi connectivity index (χ2n) is 4.00. The van der Waals surface area contributed by atoms with E-state index in [9.17, 15) is 18.0 Å². The predicted molar refractivity (Wildman–Crippen MR) is 73.1 cm³/mol. The number of hydrogen-bond donors (Lipinski definition) is 1. The van der Waals surface area contributed by atoms with E-state index in [2.05, 4.69) is 5.32 Å². The molecule has 0 radical (unpaired) electrons. The Hall–Kier alpha value is -1.40. The van der Waals surface area contributed by atoms with Gasteiger partial charge >= 0.3 is 0 Å². The van der Waals surface area contributed by atoms with Crippen LogP contribution in [0.5, 0.6) is 0 Å². The maximum absolute atomic E-state index is 12.0. The summed E-state index contributed by atoms with van der Waals surface area (Å²) in [5.74, 6) is -1.94. The number of nitrogens with one attached hydrogen (secondary N) is 1. The minimum Gasteiger partial charge on any atom is -0.358 e. The van der Waals surface area contributed by atoms with E-state index < -0.39 is 32.5 Å². The van der Waals surface area contributed by atoms with Gasteiger partial charge in [-0.15, -0.1) is 0 Å². The van der Waals surface area contributed by atoms with Gasteiger partial charge in [0.25, 0.3) is 0 Å². The summed E-state index contributed by atoms with van der Waals surface area (Å²) in [4.78, 5) is 23.2. The number of benzene rings is 1. The molecule has 7 heteroatoms. The van der Waals surface area contributed by atoms with Crippen LogP contribution in [0.4, 0.5) is 0 Å². The van der Waals surface area contributed by atoms with E-state index in [-0.39, 0.29) is 5.56 Å². The highest BCUT2D eigenvalue weighted by molar-refractivity contribution is 7.93. The standard InChI is InChI=1S/C12H14ClNO4S/c1-8(19(17,18)7-11(15)14-2)12(16)9-4-3-5-10(13)6-9/h3-6,8H,7H2,1-2H3,(H,14,15). The molecule has 0 aliphatic rings. The lowest BCUT2D eigenvalue weighted by atomic mass is 10.1. The summed E-state index contributed by atoms with van der Waals surface area (Å²) in [6.45, 7) is 1.27. The fourth-order valence-electron chi connectivity index (χ4n) is 1.42. The molecular formula is C12H14ClNO4S. The van der Waals surface area contributed by atoms with Crippen molar-refractivity contribution in [2.45, 2.75) is 12.2 Å². The normalized spacial score (nSPS) is 12.8. The van der Waals surface area contributed by atoms with Crippen LogP contribution in [0.2, 0.25) is 5.02 Å². The zero-order chi connectivity index (χ0) is 14.6. The highest BCUT2D eigenvalue weighted by Crippen LogP contribution is 2.15. The Morgan fingerprint density at radius 2 is 2.00 bits per heavy atom. The minimum atomic E-state index is -3.84. The van der Waals surface area contributed by atoms with Crippen molar-refractivity contribution in [3.8, 4) is 0 Å². The molecule has 1 rings (SSSR count). The number of sulfone groups is 1. The van der Waals surface area contributed by atoms with Crippen molar-refractivity contribution in [3.63, 3.8) is 0 Å². The van der Waals surface area contributed by atoms with Crippen LogP contribution in [-0.2, 0) is 14.6 Å². The largest absolute Gasteiger partial charge is 0.358 e. The van der Waals surface area contributed by atoms with Crippen molar-refractivity contribution in [3.05, 3.63) is 34.9 Å². The fourth-order valence-corrected chi connectivity index (χ4v) is 2.83. The molecule has 104 valence electrons. The third-order valence-electron chi connectivity index (χ3n) is 2.63. The molecule has 0 heterocycles. The van der Waals surface area contributed by atoms with Gasteiger partial charge in [0.2, 0.25) is 5.91 Å². The Balaban J connectivity index is 2.97. The first-order chi connectivity index (χ1) is 8.77. The Kier molecular flexibility index (Phi) is 5.08. The first-order valence-corrected chi connectivity index (χ1v) is 7.59. The van der Waals surface area contributed by atoms with Crippen molar-refractivity contribution >= 4 is 33.1 Å². The molecule has 0 aliphatic carbocycles. The zero-order valence-corrected chi connectivity index (χ0v) is 12.1. The van der Waals surface area contributed by atoms with Crippen LogP contribution in [-0.4, -0.2) is 38.2 Å². The molecule has 0 fully saturated rings. The van der Waals surface area contributed by atoms with Crippen molar-refractivity contribution in [2.75, 3.05) is 12.8 Å². The average Bonchev–Trinajstić information content (AvgIpc) is 2.36. The number of ketones is 1. The molecule has 0 bridgehead atoms. The van der Waals surface area contributed by atoms with Crippen LogP contribution in [0.25, 0.3) is 0 Å². The van der Waals surface area contributed by atoms with Gasteiger partial charge in [-0.05, 0) is 19.1 Å². The predicted octanol–water partition coefficient (Wildman–Crippen LogP) is 1.07. The Morgan fingerprint density at radius 3 is 2.53 bits per heavy atom. The lowest BCUT2D eigenvalue weighted by Crippen LogP contribution is -2.35. The molecule has 1 amide bonds. The summed E-state index contributed by atoms with van der Waals surface area (Å²) in [5.41, 5.74) is 0.209. The summed E-state index contributed by atoms with van der Waals surface area (Å²) in [7, 11) is -2.50. The highest BCUT2D eigenvalue weighted by Gasteiger charge is 2.30. The van der Waals surface area contributed by atoms with E-state index in [0.717, 1.165) is 0 Å². The van der Waals surface area contributed by atoms with Crippen molar-refractivity contribution in [1.82, 2.24) is 5.32 Å². The van der Waals surface area contributed by atoms with Crippen molar-refractivity contribution < 1.29 is 18.0 Å². The van der Waals surface area contributed by atoms with Crippen LogP contribution < -0.4 is 5.32 Å². The number of Topliss-reactive ketones (excluding diaryl/α,β-unsaturated/α-hetero) is 1. The van der Waals surface area contributed by atoms with Crippen LogP contribution in [0.3, 0.4) is 0 Å². The van der Waals surface area contributed by atoms with Crippen molar-refractivity contribution in [1.29, 1.82) is 0 Å². The van der Waals surface area contributed by atoms with E-state index in [1.54, 1.807) is 12.1 Å². The summed E-state index contributed by atoms with van der Waals surface area (Å²) in [6, 6.07) is 6.03. The number of carbonyl (C=O) groups is 2. The van der Waals surface area contributed by atoms with Gasteiger partial charge in [-0.1, -0.05) is 23.7 Å². The molecule has 0 aromatic heterocycles. The lowest BCUT2D eigenvalue weighted by Gasteiger charge is -2.11. The van der Waals surface area contributed by atoms with Gasteiger partial charge in [0, 0.05) is 17.6 Å². The van der Waals surface area contributed by atoms with Gasteiger partial charge in [-0.3, -0.25) is 9.59 Å². The third kappa shape index (κ3) is 4.04. The van der Waals surface area contributed by atoms with E-state index in [4.69, 9.17) is 11.6 Å². The number of hydrogen-bond acceptors (Lipinski definition) is 4. The Labute approximate surface area is 116 Å². The van der Waals surface area contributed by atoms with Gasteiger partial charge in [0.15, 0.2) is 15.6 Å². The topological polar surface area (TPSA) is 80.3 Å². The summed E-state index contributed by atoms with van der Waals surface area (Å²) >= 11 is 5.75. The van der Waals surface area contributed by atoms with E-state index in [0.29, 0.717) is 5.02 Å². The number of rotatable bonds is 5. The molecule has 19 heavy (non-hydrogen) atoms. The molecule has 1 aromatic rings. The SMILES string of the molecule is CNC(=O)CS(=O)(=O)C(C)C(=O)c1cccc(Cl)c1. The quantitative estimate of drug-likeness (QED) is 0.825.